The van der Waals surface area contributed by atoms with Crippen molar-refractivity contribution in [2.75, 3.05) is 31.1 Å². The third-order valence-corrected chi connectivity index (χ3v) is 7.17. The molecule has 4 rings (SSSR count). The molecule has 1 aromatic rings. The molecule has 0 aromatic carbocycles. The fraction of sp³-hybridized carbons (Fsp3) is 0.650. The SMILES string of the molecule is N#Cc1cnc(N2CCN(C(=O)C3CCCC[C@H]3C(=O)NC3(C#N)CC3)CC2)s1. The molecule has 2 heterocycles. The van der Waals surface area contributed by atoms with Gasteiger partial charge in [-0.1, -0.05) is 24.2 Å². The molecule has 3 fully saturated rings. The van der Waals surface area contributed by atoms with Crippen molar-refractivity contribution in [1.82, 2.24) is 15.2 Å². The van der Waals surface area contributed by atoms with Gasteiger partial charge >= 0.3 is 0 Å². The Labute approximate surface area is 174 Å². The topological polar surface area (TPSA) is 113 Å². The molecule has 1 saturated heterocycles. The number of thiazole rings is 1. The average Bonchev–Trinajstić information content (AvgIpc) is 3.37. The molecular weight excluding hydrogens is 388 g/mol. The molecule has 29 heavy (non-hydrogen) atoms. The highest BCUT2D eigenvalue weighted by Crippen LogP contribution is 2.37. The number of nitrogens with zero attached hydrogens (tertiary/aromatic N) is 5. The fourth-order valence-electron chi connectivity index (χ4n) is 4.27. The number of piperazine rings is 1. The predicted octanol–water partition coefficient (Wildman–Crippen LogP) is 1.64. The molecule has 0 bridgehead atoms. The lowest BCUT2D eigenvalue weighted by Crippen LogP contribution is -2.53. The van der Waals surface area contributed by atoms with Gasteiger partial charge in [0, 0.05) is 38.0 Å². The standard InChI is InChI=1S/C20H24N6O2S/c21-11-14-12-23-19(29-14)26-9-7-25(8-10-26)18(28)16-4-2-1-3-15(16)17(27)24-20(13-22)5-6-20/h12,15-16H,1-10H2,(H,24,27)/t15-,16?/m1/s1. The van der Waals surface area contributed by atoms with E-state index in [1.807, 2.05) is 4.90 Å². The first-order valence-electron chi connectivity index (χ1n) is 10.2. The number of nitriles is 2. The minimum absolute atomic E-state index is 0.0585. The van der Waals surface area contributed by atoms with Gasteiger partial charge in [-0.2, -0.15) is 10.5 Å². The van der Waals surface area contributed by atoms with Gasteiger partial charge in [0.05, 0.1) is 12.3 Å². The van der Waals surface area contributed by atoms with Crippen LogP contribution in [0.4, 0.5) is 5.13 Å². The molecule has 2 atom stereocenters. The van der Waals surface area contributed by atoms with Crippen LogP contribution in [0.5, 0.6) is 0 Å². The Morgan fingerprint density at radius 2 is 1.83 bits per heavy atom. The molecule has 2 amide bonds. The first kappa shape index (κ1) is 19.7. The maximum atomic E-state index is 13.2. The number of carbonyl (C=O) groups excluding carboxylic acids is 2. The quantitative estimate of drug-likeness (QED) is 0.804. The second kappa shape index (κ2) is 8.00. The fourth-order valence-corrected chi connectivity index (χ4v) is 5.04. The Bertz CT molecular complexity index is 872. The Kier molecular flexibility index (Phi) is 5.42. The molecule has 2 saturated carbocycles. The van der Waals surface area contributed by atoms with Gasteiger partial charge in [0.25, 0.3) is 0 Å². The van der Waals surface area contributed by atoms with Crippen molar-refractivity contribution in [1.29, 1.82) is 10.5 Å². The minimum Gasteiger partial charge on any atom is -0.345 e. The van der Waals surface area contributed by atoms with E-state index in [0.29, 0.717) is 50.3 Å². The van der Waals surface area contributed by atoms with Gasteiger partial charge in [-0.3, -0.25) is 9.59 Å². The molecule has 1 N–H and O–H groups in total. The number of amides is 2. The molecule has 1 unspecified atom stereocenters. The number of hydrogen-bond acceptors (Lipinski definition) is 7. The van der Waals surface area contributed by atoms with E-state index < -0.39 is 5.54 Å². The second-order valence-electron chi connectivity index (χ2n) is 8.11. The lowest BCUT2D eigenvalue weighted by Gasteiger charge is -2.39. The summed E-state index contributed by atoms with van der Waals surface area (Å²) < 4.78 is 0. The van der Waals surface area contributed by atoms with Crippen molar-refractivity contribution in [3.05, 3.63) is 11.1 Å². The van der Waals surface area contributed by atoms with Gasteiger partial charge < -0.3 is 15.1 Å². The van der Waals surface area contributed by atoms with Crippen molar-refractivity contribution in [2.45, 2.75) is 44.1 Å². The van der Waals surface area contributed by atoms with Crippen molar-refractivity contribution < 1.29 is 9.59 Å². The summed E-state index contributed by atoms with van der Waals surface area (Å²) in [6.45, 7) is 2.52. The summed E-state index contributed by atoms with van der Waals surface area (Å²) in [6.07, 6.45) is 6.32. The molecule has 3 aliphatic rings. The summed E-state index contributed by atoms with van der Waals surface area (Å²) >= 11 is 1.37. The number of rotatable bonds is 4. The number of anilines is 1. The van der Waals surface area contributed by atoms with Gasteiger partial charge in [-0.15, -0.1) is 0 Å². The maximum absolute atomic E-state index is 13.2. The molecule has 152 valence electrons. The molecule has 0 spiro atoms. The highest BCUT2D eigenvalue weighted by molar-refractivity contribution is 7.16. The van der Waals surface area contributed by atoms with Crippen molar-refractivity contribution >= 4 is 28.3 Å². The van der Waals surface area contributed by atoms with E-state index in [0.717, 1.165) is 24.4 Å². The zero-order valence-corrected chi connectivity index (χ0v) is 17.1. The third kappa shape index (κ3) is 4.06. The summed E-state index contributed by atoms with van der Waals surface area (Å²) in [4.78, 5) is 34.9. The van der Waals surface area contributed by atoms with Gasteiger partial charge in [-0.25, -0.2) is 4.98 Å². The van der Waals surface area contributed by atoms with Crippen LogP contribution >= 0.6 is 11.3 Å². The van der Waals surface area contributed by atoms with Gasteiger partial charge in [0.2, 0.25) is 11.8 Å². The van der Waals surface area contributed by atoms with E-state index in [2.05, 4.69) is 27.3 Å². The van der Waals surface area contributed by atoms with Crippen LogP contribution in [0.2, 0.25) is 0 Å². The van der Waals surface area contributed by atoms with E-state index in [4.69, 9.17) is 5.26 Å². The van der Waals surface area contributed by atoms with Crippen molar-refractivity contribution in [2.24, 2.45) is 11.8 Å². The monoisotopic (exact) mass is 412 g/mol. The minimum atomic E-state index is -0.691. The average molecular weight is 413 g/mol. The van der Waals surface area contributed by atoms with Gasteiger partial charge in [-0.05, 0) is 25.7 Å². The van der Waals surface area contributed by atoms with Crippen LogP contribution in [0.3, 0.4) is 0 Å². The summed E-state index contributed by atoms with van der Waals surface area (Å²) in [5, 5.41) is 21.9. The highest BCUT2D eigenvalue weighted by atomic mass is 32.1. The highest BCUT2D eigenvalue weighted by Gasteiger charge is 2.47. The van der Waals surface area contributed by atoms with Crippen LogP contribution in [-0.4, -0.2) is 53.4 Å². The van der Waals surface area contributed by atoms with Gasteiger partial charge in [0.15, 0.2) is 5.13 Å². The van der Waals surface area contributed by atoms with Crippen LogP contribution in [0.15, 0.2) is 6.20 Å². The number of aromatic nitrogens is 1. The van der Waals surface area contributed by atoms with Crippen molar-refractivity contribution in [3.8, 4) is 12.1 Å². The maximum Gasteiger partial charge on any atom is 0.226 e. The van der Waals surface area contributed by atoms with E-state index >= 15 is 0 Å². The number of hydrogen-bond donors (Lipinski definition) is 1. The number of nitrogens with one attached hydrogen (secondary N) is 1. The molecule has 1 aromatic heterocycles. The molecular formula is C20H24N6O2S. The van der Waals surface area contributed by atoms with Crippen molar-refractivity contribution in [3.63, 3.8) is 0 Å². The first-order valence-corrected chi connectivity index (χ1v) is 11.0. The summed E-state index contributed by atoms with van der Waals surface area (Å²) in [7, 11) is 0. The zero-order valence-electron chi connectivity index (χ0n) is 16.3. The summed E-state index contributed by atoms with van der Waals surface area (Å²) in [5.74, 6) is -0.706. The Hall–Kier alpha value is -2.65. The zero-order chi connectivity index (χ0) is 20.4. The van der Waals surface area contributed by atoms with E-state index in [9.17, 15) is 14.9 Å². The van der Waals surface area contributed by atoms with E-state index in [1.165, 1.54) is 11.3 Å². The Balaban J connectivity index is 1.37. The first-order chi connectivity index (χ1) is 14.0. The molecule has 8 nitrogen and oxygen atoms in total. The normalized spacial score (nSPS) is 25.6. The van der Waals surface area contributed by atoms with Crippen LogP contribution in [0.1, 0.15) is 43.4 Å². The lowest BCUT2D eigenvalue weighted by molar-refractivity contribution is -0.144. The van der Waals surface area contributed by atoms with Crippen LogP contribution in [0.25, 0.3) is 0 Å². The summed E-state index contributed by atoms with van der Waals surface area (Å²) in [6, 6.07) is 4.30. The third-order valence-electron chi connectivity index (χ3n) is 6.21. The smallest absolute Gasteiger partial charge is 0.226 e. The number of carbonyl (C=O) groups is 2. The van der Waals surface area contributed by atoms with Crippen LogP contribution in [0, 0.1) is 34.5 Å². The molecule has 1 aliphatic heterocycles. The molecule has 9 heteroatoms. The Morgan fingerprint density at radius 3 is 2.41 bits per heavy atom. The largest absolute Gasteiger partial charge is 0.345 e. The molecule has 0 radical (unpaired) electrons. The van der Waals surface area contributed by atoms with Crippen LogP contribution < -0.4 is 10.2 Å². The molecule has 2 aliphatic carbocycles. The lowest BCUT2D eigenvalue weighted by atomic mass is 9.77. The van der Waals surface area contributed by atoms with E-state index in [1.54, 1.807) is 6.20 Å². The predicted molar refractivity (Wildman–Crippen MR) is 107 cm³/mol. The Morgan fingerprint density at radius 1 is 1.14 bits per heavy atom. The summed E-state index contributed by atoms with van der Waals surface area (Å²) in [5.41, 5.74) is -0.691. The van der Waals surface area contributed by atoms with Gasteiger partial charge in [0.1, 0.15) is 16.5 Å². The second-order valence-corrected chi connectivity index (χ2v) is 9.12. The van der Waals surface area contributed by atoms with Crippen LogP contribution in [-0.2, 0) is 9.59 Å². The van der Waals surface area contributed by atoms with E-state index in [-0.39, 0.29) is 23.7 Å².